The summed E-state index contributed by atoms with van der Waals surface area (Å²) in [6.45, 7) is 0.325. The molecule has 1 aliphatic rings. The Bertz CT molecular complexity index is 1700. The first-order valence-electron chi connectivity index (χ1n) is 13.6. The van der Waals surface area contributed by atoms with Crippen LogP contribution >= 0.6 is 0 Å². The predicted molar refractivity (Wildman–Crippen MR) is 150 cm³/mol. The normalized spacial score (nSPS) is 17.6. The molecule has 5 aromatic rings. The van der Waals surface area contributed by atoms with E-state index in [9.17, 15) is 23.7 Å². The molecule has 2 N–H and O–H groups in total. The smallest absolute Gasteiger partial charge is 0.406 e. The number of hydrogen-bond acceptors (Lipinski definition) is 4. The van der Waals surface area contributed by atoms with Gasteiger partial charge in [-0.2, -0.15) is 0 Å². The standard InChI is InChI=1S/C32H29F3N4O2/c33-32(34,35)41-26-17-11-21(12-18-26)19-38-29(23-9-5-2-6-10-23)27(22-7-3-1-4-8-22)28-30(36)39(20-37-31(28)38)24-13-15-25(40)16-14-24/h1-12,17-18,20,24-25,36,40H,13-16,19H2/t24-,25-. The lowest BCUT2D eigenvalue weighted by Crippen LogP contribution is -2.29. The Morgan fingerprint density at radius 2 is 1.46 bits per heavy atom. The van der Waals surface area contributed by atoms with Crippen LogP contribution < -0.4 is 10.2 Å². The van der Waals surface area contributed by atoms with Gasteiger partial charge in [0.05, 0.1) is 23.5 Å². The fourth-order valence-corrected chi connectivity index (χ4v) is 5.80. The topological polar surface area (TPSA) is 76.1 Å². The molecule has 0 aliphatic heterocycles. The van der Waals surface area contributed by atoms with E-state index in [2.05, 4.69) is 4.74 Å². The van der Waals surface area contributed by atoms with Crippen molar-refractivity contribution in [2.45, 2.75) is 50.7 Å². The molecule has 2 heterocycles. The van der Waals surface area contributed by atoms with Crippen LogP contribution in [0.15, 0.2) is 91.3 Å². The number of nitrogens with zero attached hydrogens (tertiary/aromatic N) is 3. The van der Waals surface area contributed by atoms with E-state index >= 15 is 0 Å². The molecule has 9 heteroatoms. The molecule has 0 radical (unpaired) electrons. The molecule has 210 valence electrons. The lowest BCUT2D eigenvalue weighted by Gasteiger charge is -2.27. The number of benzene rings is 3. The van der Waals surface area contributed by atoms with E-state index in [1.165, 1.54) is 12.1 Å². The minimum absolute atomic E-state index is 0.0659. The minimum atomic E-state index is -4.76. The second kappa shape index (κ2) is 10.9. The molecule has 0 atom stereocenters. The van der Waals surface area contributed by atoms with Crippen molar-refractivity contribution in [2.75, 3.05) is 0 Å². The number of nitrogens with one attached hydrogen (secondary N) is 1. The summed E-state index contributed by atoms with van der Waals surface area (Å²) in [5.41, 5.74) is 5.37. The summed E-state index contributed by atoms with van der Waals surface area (Å²) in [7, 11) is 0. The van der Waals surface area contributed by atoms with Crippen molar-refractivity contribution in [3.05, 3.63) is 102 Å². The zero-order chi connectivity index (χ0) is 28.6. The molecule has 3 aromatic carbocycles. The molecule has 0 bridgehead atoms. The Hall–Kier alpha value is -4.37. The highest BCUT2D eigenvalue weighted by molar-refractivity contribution is 6.02. The van der Waals surface area contributed by atoms with Gasteiger partial charge in [-0.25, -0.2) is 4.98 Å². The molecule has 6 rings (SSSR count). The van der Waals surface area contributed by atoms with Gasteiger partial charge in [0.15, 0.2) is 0 Å². The van der Waals surface area contributed by atoms with Crippen molar-refractivity contribution in [3.8, 4) is 28.1 Å². The van der Waals surface area contributed by atoms with E-state index in [0.29, 0.717) is 35.9 Å². The largest absolute Gasteiger partial charge is 0.573 e. The van der Waals surface area contributed by atoms with Gasteiger partial charge in [0, 0.05) is 18.2 Å². The highest BCUT2D eigenvalue weighted by Crippen LogP contribution is 2.40. The highest BCUT2D eigenvalue weighted by Gasteiger charge is 2.31. The predicted octanol–water partition coefficient (Wildman–Crippen LogP) is 7.07. The molecule has 6 nitrogen and oxygen atoms in total. The fraction of sp³-hybridized carbons (Fsp3) is 0.250. The summed E-state index contributed by atoms with van der Waals surface area (Å²) in [5, 5.41) is 20.2. The number of aromatic nitrogens is 3. The second-order valence-corrected chi connectivity index (χ2v) is 10.4. The summed E-state index contributed by atoms with van der Waals surface area (Å²) in [4.78, 5) is 4.90. The number of halogens is 3. The van der Waals surface area contributed by atoms with E-state index < -0.39 is 6.36 Å². The molecule has 2 aromatic heterocycles. The molecule has 1 aliphatic carbocycles. The first-order chi connectivity index (χ1) is 19.8. The van der Waals surface area contributed by atoms with Crippen molar-refractivity contribution >= 4 is 11.0 Å². The van der Waals surface area contributed by atoms with Gasteiger partial charge in [0.1, 0.15) is 16.9 Å². The van der Waals surface area contributed by atoms with Gasteiger partial charge in [-0.1, -0.05) is 72.8 Å². The summed E-state index contributed by atoms with van der Waals surface area (Å²) < 4.78 is 46.2. The molecule has 1 saturated carbocycles. The average Bonchev–Trinajstić information content (AvgIpc) is 3.30. The third-order valence-corrected chi connectivity index (χ3v) is 7.70. The minimum Gasteiger partial charge on any atom is -0.406 e. The molecule has 0 saturated heterocycles. The summed E-state index contributed by atoms with van der Waals surface area (Å²) in [6, 6.07) is 25.7. The van der Waals surface area contributed by atoms with Crippen molar-refractivity contribution in [2.24, 2.45) is 0 Å². The number of ether oxygens (including phenoxy) is 1. The van der Waals surface area contributed by atoms with E-state index in [0.717, 1.165) is 40.8 Å². The third kappa shape index (κ3) is 5.50. The van der Waals surface area contributed by atoms with Crippen molar-refractivity contribution in [3.63, 3.8) is 0 Å². The van der Waals surface area contributed by atoms with Gasteiger partial charge >= 0.3 is 6.36 Å². The molecular weight excluding hydrogens is 529 g/mol. The maximum absolute atomic E-state index is 12.7. The maximum atomic E-state index is 12.7. The monoisotopic (exact) mass is 558 g/mol. The van der Waals surface area contributed by atoms with Crippen LogP contribution in [-0.4, -0.2) is 31.7 Å². The number of alkyl halides is 3. The Morgan fingerprint density at radius 3 is 2.07 bits per heavy atom. The fourth-order valence-electron chi connectivity index (χ4n) is 5.80. The van der Waals surface area contributed by atoms with Crippen LogP contribution in [0.4, 0.5) is 13.2 Å². The number of aliphatic hydroxyl groups is 1. The third-order valence-electron chi connectivity index (χ3n) is 7.70. The maximum Gasteiger partial charge on any atom is 0.573 e. The lowest BCUT2D eigenvalue weighted by molar-refractivity contribution is -0.274. The zero-order valence-electron chi connectivity index (χ0n) is 22.2. The first-order valence-corrected chi connectivity index (χ1v) is 13.6. The lowest BCUT2D eigenvalue weighted by atomic mass is 9.93. The second-order valence-electron chi connectivity index (χ2n) is 10.4. The number of rotatable bonds is 6. The number of fused-ring (bicyclic) bond motifs is 1. The first kappa shape index (κ1) is 26.8. The highest BCUT2D eigenvalue weighted by atomic mass is 19.4. The molecule has 0 spiro atoms. The number of hydrogen-bond donors (Lipinski definition) is 2. The Labute approximate surface area is 234 Å². The molecule has 1 fully saturated rings. The average molecular weight is 559 g/mol. The van der Waals surface area contributed by atoms with Gasteiger partial charge in [-0.3, -0.25) is 5.41 Å². The van der Waals surface area contributed by atoms with E-state index in [1.807, 2.05) is 69.8 Å². The molecular formula is C32H29F3N4O2. The molecule has 0 unspecified atom stereocenters. The van der Waals surface area contributed by atoms with Crippen LogP contribution in [0.25, 0.3) is 33.4 Å². The van der Waals surface area contributed by atoms with Crippen LogP contribution in [0.3, 0.4) is 0 Å². The van der Waals surface area contributed by atoms with Gasteiger partial charge in [-0.05, 0) is 54.5 Å². The Morgan fingerprint density at radius 1 is 0.854 bits per heavy atom. The van der Waals surface area contributed by atoms with Crippen molar-refractivity contribution in [1.82, 2.24) is 14.1 Å². The SMILES string of the molecule is N=c1c2c(-c3ccccc3)c(-c3ccccc3)n(Cc3ccc(OC(F)(F)F)cc3)c2ncn1[C@H]1CC[C@H](O)CC1. The van der Waals surface area contributed by atoms with Crippen molar-refractivity contribution < 1.29 is 23.0 Å². The van der Waals surface area contributed by atoms with Gasteiger partial charge in [-0.15, -0.1) is 13.2 Å². The van der Waals surface area contributed by atoms with Crippen LogP contribution in [0.5, 0.6) is 5.75 Å². The van der Waals surface area contributed by atoms with Crippen LogP contribution in [0.2, 0.25) is 0 Å². The summed E-state index contributed by atoms with van der Waals surface area (Å²) in [5.74, 6) is -0.280. The van der Waals surface area contributed by atoms with Crippen LogP contribution in [-0.2, 0) is 6.54 Å². The number of aliphatic hydroxyl groups excluding tert-OH is 1. The quantitative estimate of drug-likeness (QED) is 0.234. The van der Waals surface area contributed by atoms with Crippen LogP contribution in [0, 0.1) is 5.41 Å². The zero-order valence-corrected chi connectivity index (χ0v) is 22.2. The van der Waals surface area contributed by atoms with E-state index in [1.54, 1.807) is 18.5 Å². The van der Waals surface area contributed by atoms with Gasteiger partial charge < -0.3 is 19.0 Å². The molecule has 0 amide bonds. The Balaban J connectivity index is 1.56. The van der Waals surface area contributed by atoms with E-state index in [4.69, 9.17) is 4.98 Å². The molecule has 41 heavy (non-hydrogen) atoms. The Kier molecular flexibility index (Phi) is 7.13. The van der Waals surface area contributed by atoms with Gasteiger partial charge in [0.25, 0.3) is 0 Å². The van der Waals surface area contributed by atoms with Gasteiger partial charge in [0.2, 0.25) is 0 Å². The summed E-state index contributed by atoms with van der Waals surface area (Å²) >= 11 is 0. The summed E-state index contributed by atoms with van der Waals surface area (Å²) in [6.07, 6.45) is -0.447. The van der Waals surface area contributed by atoms with Crippen LogP contribution in [0.1, 0.15) is 37.3 Å². The van der Waals surface area contributed by atoms with Crippen molar-refractivity contribution in [1.29, 1.82) is 5.41 Å². The van der Waals surface area contributed by atoms with E-state index in [-0.39, 0.29) is 17.9 Å².